The average molecular weight is 461 g/mol. The highest BCUT2D eigenvalue weighted by atomic mass is 79.9. The summed E-state index contributed by atoms with van der Waals surface area (Å²) in [7, 11) is 0. The van der Waals surface area contributed by atoms with Gasteiger partial charge in [-0.3, -0.25) is 0 Å². The molecular weight excluding hydrogens is 422 g/mol. The Hall–Kier alpha value is -1.19. The van der Waals surface area contributed by atoms with Crippen molar-refractivity contribution in [2.24, 2.45) is 5.92 Å². The van der Waals surface area contributed by atoms with Crippen LogP contribution >= 0.6 is 0 Å². The summed E-state index contributed by atoms with van der Waals surface area (Å²) in [6.07, 6.45) is 14.9. The number of benzene rings is 1. The van der Waals surface area contributed by atoms with Gasteiger partial charge in [-0.2, -0.15) is 0 Å². The minimum absolute atomic E-state index is 0. The van der Waals surface area contributed by atoms with Gasteiger partial charge in [-0.05, 0) is 42.2 Å². The van der Waals surface area contributed by atoms with Crippen molar-refractivity contribution in [1.82, 2.24) is 0 Å². The molecule has 0 amide bonds. The van der Waals surface area contributed by atoms with Crippen molar-refractivity contribution in [2.75, 3.05) is 6.61 Å². The van der Waals surface area contributed by atoms with Gasteiger partial charge >= 0.3 is 0 Å². The van der Waals surface area contributed by atoms with Crippen LogP contribution in [0.25, 0.3) is 0 Å². The SMILES string of the molecule is CCCCC(CC)COC(C[n+]1ccccc1)c1ccc(C2CCCC2)cc1.[Br-]. The van der Waals surface area contributed by atoms with Crippen LogP contribution < -0.4 is 21.5 Å². The second-order valence-corrected chi connectivity index (χ2v) is 8.46. The van der Waals surface area contributed by atoms with E-state index in [1.165, 1.54) is 62.5 Å². The molecule has 0 N–H and O–H groups in total. The Labute approximate surface area is 188 Å². The molecule has 0 radical (unpaired) electrons. The minimum atomic E-state index is 0. The van der Waals surface area contributed by atoms with Crippen LogP contribution in [0.15, 0.2) is 54.9 Å². The molecule has 2 unspecified atom stereocenters. The highest BCUT2D eigenvalue weighted by molar-refractivity contribution is 5.27. The first-order valence-corrected chi connectivity index (χ1v) is 11.5. The zero-order valence-corrected chi connectivity index (χ0v) is 19.8. The van der Waals surface area contributed by atoms with E-state index in [4.69, 9.17) is 4.74 Å². The summed E-state index contributed by atoms with van der Waals surface area (Å²) in [5.41, 5.74) is 2.82. The van der Waals surface area contributed by atoms with Crippen molar-refractivity contribution in [2.45, 2.75) is 83.8 Å². The molecule has 0 saturated heterocycles. The summed E-state index contributed by atoms with van der Waals surface area (Å²) in [4.78, 5) is 0. The van der Waals surface area contributed by atoms with E-state index < -0.39 is 0 Å². The maximum atomic E-state index is 6.53. The lowest BCUT2D eigenvalue weighted by atomic mass is 9.95. The Morgan fingerprint density at radius 3 is 2.31 bits per heavy atom. The van der Waals surface area contributed by atoms with Gasteiger partial charge in [0, 0.05) is 12.1 Å². The fourth-order valence-corrected chi connectivity index (χ4v) is 4.39. The second-order valence-electron chi connectivity index (χ2n) is 8.46. The number of hydrogen-bond acceptors (Lipinski definition) is 1. The van der Waals surface area contributed by atoms with E-state index >= 15 is 0 Å². The number of halogens is 1. The molecular formula is C26H38BrNO. The van der Waals surface area contributed by atoms with Gasteiger partial charge in [-0.15, -0.1) is 0 Å². The predicted octanol–water partition coefficient (Wildman–Crippen LogP) is 3.61. The smallest absolute Gasteiger partial charge is 0.178 e. The summed E-state index contributed by atoms with van der Waals surface area (Å²) in [5.74, 6) is 1.44. The van der Waals surface area contributed by atoms with Crippen molar-refractivity contribution in [3.63, 3.8) is 0 Å². The molecule has 1 aliphatic rings. The zero-order valence-electron chi connectivity index (χ0n) is 18.2. The van der Waals surface area contributed by atoms with Crippen LogP contribution in [0.3, 0.4) is 0 Å². The molecule has 3 rings (SSSR count). The zero-order chi connectivity index (χ0) is 19.6. The van der Waals surface area contributed by atoms with Crippen molar-refractivity contribution in [3.8, 4) is 0 Å². The fourth-order valence-electron chi connectivity index (χ4n) is 4.39. The van der Waals surface area contributed by atoms with E-state index in [1.807, 2.05) is 0 Å². The molecule has 1 aromatic heterocycles. The lowest BCUT2D eigenvalue weighted by molar-refractivity contribution is -0.705. The second kappa shape index (κ2) is 13.2. The Bertz CT molecular complexity index is 667. The molecule has 1 aliphatic carbocycles. The number of hydrogen-bond donors (Lipinski definition) is 0. The average Bonchev–Trinajstić information content (AvgIpc) is 3.29. The summed E-state index contributed by atoms with van der Waals surface area (Å²) in [5, 5.41) is 0. The fraction of sp³-hybridized carbons (Fsp3) is 0.577. The molecule has 1 fully saturated rings. The highest BCUT2D eigenvalue weighted by Crippen LogP contribution is 2.34. The first-order chi connectivity index (χ1) is 13.8. The quantitative estimate of drug-likeness (QED) is 0.467. The monoisotopic (exact) mass is 459 g/mol. The Kier molecular flexibility index (Phi) is 10.9. The molecule has 2 atom stereocenters. The third-order valence-electron chi connectivity index (χ3n) is 6.37. The number of pyridine rings is 1. The van der Waals surface area contributed by atoms with Crippen molar-refractivity contribution in [3.05, 3.63) is 66.0 Å². The third-order valence-corrected chi connectivity index (χ3v) is 6.37. The van der Waals surface area contributed by atoms with Gasteiger partial charge in [-0.25, -0.2) is 4.57 Å². The number of nitrogens with zero attached hydrogens (tertiary/aromatic N) is 1. The molecule has 3 heteroatoms. The maximum absolute atomic E-state index is 6.53. The number of unbranched alkanes of at least 4 members (excludes halogenated alkanes) is 1. The van der Waals surface area contributed by atoms with Crippen molar-refractivity contribution < 1.29 is 26.3 Å². The molecule has 0 bridgehead atoms. The van der Waals surface area contributed by atoms with E-state index in [9.17, 15) is 0 Å². The molecule has 1 aromatic carbocycles. The molecule has 1 saturated carbocycles. The van der Waals surface area contributed by atoms with Gasteiger partial charge < -0.3 is 21.7 Å². The normalized spacial score (nSPS) is 16.3. The molecule has 0 spiro atoms. The van der Waals surface area contributed by atoms with E-state index in [1.54, 1.807) is 0 Å². The first kappa shape index (κ1) is 24.1. The number of rotatable bonds is 11. The van der Waals surface area contributed by atoms with Crippen molar-refractivity contribution in [1.29, 1.82) is 0 Å². The molecule has 1 heterocycles. The van der Waals surface area contributed by atoms with Gasteiger partial charge in [0.05, 0.1) is 6.61 Å². The van der Waals surface area contributed by atoms with Crippen molar-refractivity contribution >= 4 is 0 Å². The van der Waals surface area contributed by atoms with Gasteiger partial charge in [0.15, 0.2) is 18.9 Å². The van der Waals surface area contributed by atoms with Crippen LogP contribution in [-0.2, 0) is 11.3 Å². The van der Waals surface area contributed by atoms with E-state index in [2.05, 4.69) is 73.3 Å². The third kappa shape index (κ3) is 7.53. The number of aromatic nitrogens is 1. The van der Waals surface area contributed by atoms with E-state index in [0.717, 1.165) is 19.1 Å². The van der Waals surface area contributed by atoms with E-state index in [0.29, 0.717) is 5.92 Å². The van der Waals surface area contributed by atoms with Crippen LogP contribution in [0.2, 0.25) is 0 Å². The van der Waals surface area contributed by atoms with Crippen LogP contribution in [-0.4, -0.2) is 6.61 Å². The Morgan fingerprint density at radius 1 is 1.00 bits per heavy atom. The maximum Gasteiger partial charge on any atom is 0.178 e. The van der Waals surface area contributed by atoms with Crippen LogP contribution in [0.5, 0.6) is 0 Å². The minimum Gasteiger partial charge on any atom is -1.00 e. The summed E-state index contributed by atoms with van der Waals surface area (Å²) >= 11 is 0. The number of ether oxygens (including phenoxy) is 1. The lowest BCUT2D eigenvalue weighted by Gasteiger charge is -2.21. The molecule has 2 aromatic rings. The Morgan fingerprint density at radius 2 is 1.69 bits per heavy atom. The summed E-state index contributed by atoms with van der Waals surface area (Å²) in [6, 6.07) is 15.6. The predicted molar refractivity (Wildman–Crippen MR) is 116 cm³/mol. The molecule has 160 valence electrons. The molecule has 2 nitrogen and oxygen atoms in total. The van der Waals surface area contributed by atoms with Crippen LogP contribution in [0.1, 0.15) is 88.4 Å². The molecule has 0 aliphatic heterocycles. The van der Waals surface area contributed by atoms with Gasteiger partial charge in [0.2, 0.25) is 0 Å². The standard InChI is InChI=1S/C26H38NO.BrH/c1-3-5-11-22(4-2)21-28-26(20-27-18-9-6-10-19-27)25-16-14-24(15-17-25)23-12-7-8-13-23;/h6,9-10,14-19,22-23,26H,3-5,7-8,11-13,20-21H2,1-2H3;1H/q+1;/p-1. The summed E-state index contributed by atoms with van der Waals surface area (Å²) in [6.45, 7) is 6.29. The van der Waals surface area contributed by atoms with Crippen LogP contribution in [0.4, 0.5) is 0 Å². The first-order valence-electron chi connectivity index (χ1n) is 11.5. The summed E-state index contributed by atoms with van der Waals surface area (Å²) < 4.78 is 8.77. The lowest BCUT2D eigenvalue weighted by Crippen LogP contribution is -3.00. The Balaban J connectivity index is 0.00000300. The molecule has 29 heavy (non-hydrogen) atoms. The van der Waals surface area contributed by atoms with Crippen LogP contribution in [0, 0.1) is 5.92 Å². The topological polar surface area (TPSA) is 13.1 Å². The largest absolute Gasteiger partial charge is 1.00 e. The van der Waals surface area contributed by atoms with Gasteiger partial charge in [0.1, 0.15) is 6.10 Å². The van der Waals surface area contributed by atoms with Gasteiger partial charge in [0.25, 0.3) is 0 Å². The van der Waals surface area contributed by atoms with Gasteiger partial charge in [-0.1, -0.05) is 76.3 Å². The van der Waals surface area contributed by atoms with E-state index in [-0.39, 0.29) is 23.1 Å². The highest BCUT2D eigenvalue weighted by Gasteiger charge is 2.21.